The number of nitrogens with one attached hydrogen (secondary N) is 1. The van der Waals surface area contributed by atoms with Gasteiger partial charge in [-0.3, -0.25) is 9.59 Å². The second-order valence-corrected chi connectivity index (χ2v) is 6.92. The highest BCUT2D eigenvalue weighted by Crippen LogP contribution is 2.21. The van der Waals surface area contributed by atoms with E-state index in [-0.39, 0.29) is 18.2 Å². The molecule has 0 unspecified atom stereocenters. The van der Waals surface area contributed by atoms with Crippen molar-refractivity contribution in [1.82, 2.24) is 15.5 Å². The lowest BCUT2D eigenvalue weighted by Crippen LogP contribution is -2.22. The predicted molar refractivity (Wildman–Crippen MR) is 92.0 cm³/mol. The van der Waals surface area contributed by atoms with E-state index in [2.05, 4.69) is 15.5 Å². The molecule has 6 nitrogen and oxygen atoms in total. The van der Waals surface area contributed by atoms with Gasteiger partial charge in [0.25, 0.3) is 0 Å². The summed E-state index contributed by atoms with van der Waals surface area (Å²) < 4.78 is 5.11. The summed E-state index contributed by atoms with van der Waals surface area (Å²) >= 11 is 2.94. The van der Waals surface area contributed by atoms with E-state index in [0.29, 0.717) is 31.0 Å². The Kier molecular flexibility index (Phi) is 5.50. The summed E-state index contributed by atoms with van der Waals surface area (Å²) in [6.45, 7) is 0.191. The van der Waals surface area contributed by atoms with Crippen LogP contribution in [-0.2, 0) is 11.3 Å². The van der Waals surface area contributed by atoms with Gasteiger partial charge in [-0.25, -0.2) is 0 Å². The smallest absolute Gasteiger partial charge is 0.246 e. The van der Waals surface area contributed by atoms with Crippen LogP contribution in [0.2, 0.25) is 0 Å². The van der Waals surface area contributed by atoms with E-state index in [1.54, 1.807) is 6.07 Å². The quantitative estimate of drug-likeness (QED) is 0.620. The van der Waals surface area contributed by atoms with E-state index in [4.69, 9.17) is 4.52 Å². The normalized spacial score (nSPS) is 10.7. The molecule has 3 rings (SSSR count). The molecular weight excluding hydrogens is 346 g/mol. The molecule has 124 valence electrons. The zero-order chi connectivity index (χ0) is 16.8. The zero-order valence-electron chi connectivity index (χ0n) is 12.7. The molecule has 0 radical (unpaired) electrons. The first-order chi connectivity index (χ1) is 11.7. The molecule has 3 heterocycles. The molecule has 0 fully saturated rings. The first kappa shape index (κ1) is 16.5. The maximum absolute atomic E-state index is 11.8. The monoisotopic (exact) mass is 361 g/mol. The SMILES string of the molecule is O=C(CCCC(=O)c1cccs1)NCc1nc(-c2cccs2)no1. The van der Waals surface area contributed by atoms with Crippen LogP contribution in [0.4, 0.5) is 0 Å². The Morgan fingerprint density at radius 2 is 1.96 bits per heavy atom. The molecule has 0 aromatic carbocycles. The lowest BCUT2D eigenvalue weighted by atomic mass is 10.1. The number of carbonyl (C=O) groups is 2. The molecule has 0 spiro atoms. The van der Waals surface area contributed by atoms with Gasteiger partial charge in [0.15, 0.2) is 5.78 Å². The summed E-state index contributed by atoms with van der Waals surface area (Å²) in [7, 11) is 0. The van der Waals surface area contributed by atoms with Crippen molar-refractivity contribution in [3.63, 3.8) is 0 Å². The summed E-state index contributed by atoms with van der Waals surface area (Å²) in [6, 6.07) is 7.46. The number of Topliss-reactive ketones (excluding diaryl/α,β-unsaturated/α-hetero) is 1. The number of aromatic nitrogens is 2. The van der Waals surface area contributed by atoms with Crippen LogP contribution < -0.4 is 5.32 Å². The largest absolute Gasteiger partial charge is 0.347 e. The Hall–Kier alpha value is -2.32. The fourth-order valence-electron chi connectivity index (χ4n) is 2.07. The number of rotatable bonds is 8. The molecule has 0 bridgehead atoms. The van der Waals surface area contributed by atoms with Gasteiger partial charge in [0.2, 0.25) is 17.6 Å². The maximum Gasteiger partial charge on any atom is 0.246 e. The molecular formula is C16H15N3O3S2. The van der Waals surface area contributed by atoms with Crippen molar-refractivity contribution in [2.45, 2.75) is 25.8 Å². The van der Waals surface area contributed by atoms with Gasteiger partial charge >= 0.3 is 0 Å². The van der Waals surface area contributed by atoms with Crippen molar-refractivity contribution in [2.24, 2.45) is 0 Å². The second kappa shape index (κ2) is 7.98. The third-order valence-electron chi connectivity index (χ3n) is 3.25. The maximum atomic E-state index is 11.8. The minimum absolute atomic E-state index is 0.0790. The highest BCUT2D eigenvalue weighted by atomic mass is 32.1. The standard InChI is InChI=1S/C16H15N3O3S2/c20-11(12-5-2-8-23-12)4-1-7-14(21)17-10-15-18-16(19-22-15)13-6-3-9-24-13/h2-3,5-6,8-9H,1,4,7,10H2,(H,17,21). The highest BCUT2D eigenvalue weighted by molar-refractivity contribution is 7.13. The number of amides is 1. The number of thiophene rings is 2. The van der Waals surface area contributed by atoms with Gasteiger partial charge in [-0.2, -0.15) is 4.98 Å². The van der Waals surface area contributed by atoms with E-state index in [1.807, 2.05) is 29.0 Å². The fraction of sp³-hybridized carbons (Fsp3) is 0.250. The van der Waals surface area contributed by atoms with E-state index in [0.717, 1.165) is 9.75 Å². The van der Waals surface area contributed by atoms with Gasteiger partial charge < -0.3 is 9.84 Å². The third-order valence-corrected chi connectivity index (χ3v) is 5.03. The second-order valence-electron chi connectivity index (χ2n) is 5.02. The molecule has 3 aromatic heterocycles. The summed E-state index contributed by atoms with van der Waals surface area (Å²) in [5.41, 5.74) is 0. The van der Waals surface area contributed by atoms with Crippen LogP contribution in [0.5, 0.6) is 0 Å². The molecule has 0 aliphatic heterocycles. The molecule has 1 amide bonds. The lowest BCUT2D eigenvalue weighted by Gasteiger charge is -2.01. The Bertz CT molecular complexity index is 795. The van der Waals surface area contributed by atoms with Crippen LogP contribution in [-0.4, -0.2) is 21.8 Å². The van der Waals surface area contributed by atoms with E-state index in [1.165, 1.54) is 22.7 Å². The van der Waals surface area contributed by atoms with Crippen molar-refractivity contribution >= 4 is 34.4 Å². The average molecular weight is 361 g/mol. The lowest BCUT2D eigenvalue weighted by molar-refractivity contribution is -0.121. The predicted octanol–water partition coefficient (Wildman–Crippen LogP) is 3.53. The van der Waals surface area contributed by atoms with E-state index < -0.39 is 0 Å². The molecule has 0 saturated heterocycles. The molecule has 24 heavy (non-hydrogen) atoms. The Labute approximate surface area is 146 Å². The Balaban J connectivity index is 1.39. The summed E-state index contributed by atoms with van der Waals surface area (Å²) in [4.78, 5) is 29.5. The molecule has 8 heteroatoms. The molecule has 3 aromatic rings. The third kappa shape index (κ3) is 4.36. The molecule has 1 N–H and O–H groups in total. The summed E-state index contributed by atoms with van der Waals surface area (Å²) in [5, 5.41) is 10.4. The highest BCUT2D eigenvalue weighted by Gasteiger charge is 2.11. The molecule has 0 aliphatic carbocycles. The van der Waals surface area contributed by atoms with Gasteiger partial charge in [-0.05, 0) is 29.3 Å². The van der Waals surface area contributed by atoms with Crippen LogP contribution in [0.3, 0.4) is 0 Å². The van der Waals surface area contributed by atoms with Gasteiger partial charge in [0, 0.05) is 12.8 Å². The van der Waals surface area contributed by atoms with Crippen molar-refractivity contribution in [1.29, 1.82) is 0 Å². The number of hydrogen-bond acceptors (Lipinski definition) is 7. The Morgan fingerprint density at radius 3 is 2.71 bits per heavy atom. The van der Waals surface area contributed by atoms with Crippen molar-refractivity contribution in [2.75, 3.05) is 0 Å². The van der Waals surface area contributed by atoms with Crippen LogP contribution in [0.15, 0.2) is 39.5 Å². The Morgan fingerprint density at radius 1 is 1.12 bits per heavy atom. The molecule has 0 saturated carbocycles. The minimum atomic E-state index is -0.134. The van der Waals surface area contributed by atoms with Crippen LogP contribution in [0, 0.1) is 0 Å². The number of carbonyl (C=O) groups excluding carboxylic acids is 2. The summed E-state index contributed by atoms with van der Waals surface area (Å²) in [6.07, 6.45) is 1.19. The van der Waals surface area contributed by atoms with Gasteiger partial charge in [-0.1, -0.05) is 17.3 Å². The van der Waals surface area contributed by atoms with Crippen LogP contribution in [0.1, 0.15) is 34.8 Å². The average Bonchev–Trinajstić information content (AvgIpc) is 3.34. The first-order valence-corrected chi connectivity index (χ1v) is 9.18. The van der Waals surface area contributed by atoms with Crippen LogP contribution >= 0.6 is 22.7 Å². The van der Waals surface area contributed by atoms with E-state index in [9.17, 15) is 9.59 Å². The minimum Gasteiger partial charge on any atom is -0.347 e. The fourth-order valence-corrected chi connectivity index (χ4v) is 3.41. The number of hydrogen-bond donors (Lipinski definition) is 1. The topological polar surface area (TPSA) is 85.1 Å². The molecule has 0 aliphatic rings. The number of nitrogens with zero attached hydrogens (tertiary/aromatic N) is 2. The van der Waals surface area contributed by atoms with Gasteiger partial charge in [0.1, 0.15) is 0 Å². The first-order valence-electron chi connectivity index (χ1n) is 7.42. The van der Waals surface area contributed by atoms with Crippen molar-refractivity contribution < 1.29 is 14.1 Å². The van der Waals surface area contributed by atoms with Gasteiger partial charge in [-0.15, -0.1) is 22.7 Å². The van der Waals surface area contributed by atoms with Crippen molar-refractivity contribution in [3.05, 3.63) is 45.8 Å². The zero-order valence-corrected chi connectivity index (χ0v) is 14.4. The number of ketones is 1. The van der Waals surface area contributed by atoms with Gasteiger partial charge in [0.05, 0.1) is 16.3 Å². The molecule has 0 atom stereocenters. The van der Waals surface area contributed by atoms with Crippen molar-refractivity contribution in [3.8, 4) is 10.7 Å². The van der Waals surface area contributed by atoms with E-state index >= 15 is 0 Å². The van der Waals surface area contributed by atoms with Crippen LogP contribution in [0.25, 0.3) is 10.7 Å². The summed E-state index contributed by atoms with van der Waals surface area (Å²) in [5.74, 6) is 0.831.